The standard InChI is InChI=1S/C9H6F2N2/c10-9(11)8-7-4-2-1-3-6(7)5-12-13-8/h1-5,9H. The van der Waals surface area contributed by atoms with Crippen LogP contribution in [-0.4, -0.2) is 10.2 Å². The summed E-state index contributed by atoms with van der Waals surface area (Å²) in [6.45, 7) is 0. The van der Waals surface area contributed by atoms with Crippen molar-refractivity contribution < 1.29 is 8.78 Å². The van der Waals surface area contributed by atoms with Crippen LogP contribution in [-0.2, 0) is 0 Å². The first-order valence-electron chi connectivity index (χ1n) is 3.77. The molecule has 0 aliphatic rings. The lowest BCUT2D eigenvalue weighted by Crippen LogP contribution is -1.93. The smallest absolute Gasteiger partial charge is 0.203 e. The predicted molar refractivity (Wildman–Crippen MR) is 44.5 cm³/mol. The van der Waals surface area contributed by atoms with Gasteiger partial charge in [-0.25, -0.2) is 8.78 Å². The van der Waals surface area contributed by atoms with Gasteiger partial charge in [-0.2, -0.15) is 5.10 Å². The van der Waals surface area contributed by atoms with Crippen molar-refractivity contribution in [1.29, 1.82) is 0 Å². The SMILES string of the molecule is FC(F)c1nncc2ccccc12. The summed E-state index contributed by atoms with van der Waals surface area (Å²) in [5, 5.41) is 8.06. The number of fused-ring (bicyclic) bond motifs is 1. The van der Waals surface area contributed by atoms with E-state index in [0.717, 1.165) is 0 Å². The molecule has 0 saturated heterocycles. The van der Waals surface area contributed by atoms with Crippen molar-refractivity contribution in [2.75, 3.05) is 0 Å². The summed E-state index contributed by atoms with van der Waals surface area (Å²) in [6.07, 6.45) is -1.10. The van der Waals surface area contributed by atoms with Crippen LogP contribution in [0.15, 0.2) is 30.5 Å². The third kappa shape index (κ3) is 1.35. The fourth-order valence-corrected chi connectivity index (χ4v) is 1.21. The molecule has 0 aliphatic heterocycles. The van der Waals surface area contributed by atoms with Crippen molar-refractivity contribution in [2.24, 2.45) is 0 Å². The number of aromatic nitrogens is 2. The van der Waals surface area contributed by atoms with E-state index in [0.29, 0.717) is 10.8 Å². The fraction of sp³-hybridized carbons (Fsp3) is 0.111. The molecule has 4 heteroatoms. The summed E-state index contributed by atoms with van der Waals surface area (Å²) < 4.78 is 24.8. The molecular formula is C9H6F2N2. The third-order valence-electron chi connectivity index (χ3n) is 1.81. The molecule has 0 bridgehead atoms. The zero-order chi connectivity index (χ0) is 9.26. The molecule has 0 amide bonds. The minimum atomic E-state index is -2.57. The van der Waals surface area contributed by atoms with Crippen LogP contribution in [0.4, 0.5) is 8.78 Å². The molecule has 1 aromatic carbocycles. The summed E-state index contributed by atoms with van der Waals surface area (Å²) in [7, 11) is 0. The monoisotopic (exact) mass is 180 g/mol. The van der Waals surface area contributed by atoms with E-state index in [-0.39, 0.29) is 5.69 Å². The average Bonchev–Trinajstić information content (AvgIpc) is 2.17. The zero-order valence-electron chi connectivity index (χ0n) is 6.61. The van der Waals surface area contributed by atoms with E-state index in [4.69, 9.17) is 0 Å². The van der Waals surface area contributed by atoms with E-state index in [1.54, 1.807) is 24.3 Å². The Morgan fingerprint density at radius 1 is 1.15 bits per heavy atom. The van der Waals surface area contributed by atoms with Crippen molar-refractivity contribution in [3.8, 4) is 0 Å². The molecule has 0 unspecified atom stereocenters. The van der Waals surface area contributed by atoms with Crippen LogP contribution in [0.3, 0.4) is 0 Å². The molecule has 2 rings (SSSR count). The second kappa shape index (κ2) is 3.05. The van der Waals surface area contributed by atoms with Crippen LogP contribution in [0, 0.1) is 0 Å². The summed E-state index contributed by atoms with van der Waals surface area (Å²) in [4.78, 5) is 0. The average molecular weight is 180 g/mol. The number of halogens is 2. The summed E-state index contributed by atoms with van der Waals surface area (Å²) in [5.74, 6) is 0. The molecule has 0 atom stereocenters. The molecule has 13 heavy (non-hydrogen) atoms. The topological polar surface area (TPSA) is 25.8 Å². The van der Waals surface area contributed by atoms with Gasteiger partial charge < -0.3 is 0 Å². The van der Waals surface area contributed by atoms with Crippen LogP contribution in [0.5, 0.6) is 0 Å². The van der Waals surface area contributed by atoms with Gasteiger partial charge in [0.05, 0.1) is 6.20 Å². The van der Waals surface area contributed by atoms with Crippen molar-refractivity contribution in [3.05, 3.63) is 36.2 Å². The molecule has 0 saturated carbocycles. The maximum Gasteiger partial charge on any atom is 0.282 e. The first kappa shape index (κ1) is 8.04. The lowest BCUT2D eigenvalue weighted by Gasteiger charge is -2.01. The lowest BCUT2D eigenvalue weighted by atomic mass is 10.1. The van der Waals surface area contributed by atoms with Gasteiger partial charge in [-0.15, -0.1) is 5.10 Å². The Morgan fingerprint density at radius 2 is 1.92 bits per heavy atom. The summed E-state index contributed by atoms with van der Waals surface area (Å²) in [5.41, 5.74) is -0.252. The van der Waals surface area contributed by atoms with Crippen LogP contribution < -0.4 is 0 Å². The largest absolute Gasteiger partial charge is 0.282 e. The van der Waals surface area contributed by atoms with Gasteiger partial charge in [-0.05, 0) is 0 Å². The van der Waals surface area contributed by atoms with Gasteiger partial charge in [0.15, 0.2) is 0 Å². The van der Waals surface area contributed by atoms with E-state index in [9.17, 15) is 8.78 Å². The van der Waals surface area contributed by atoms with Gasteiger partial charge in [-0.1, -0.05) is 24.3 Å². The van der Waals surface area contributed by atoms with Gasteiger partial charge in [0, 0.05) is 10.8 Å². The number of alkyl halides is 2. The highest BCUT2D eigenvalue weighted by atomic mass is 19.3. The van der Waals surface area contributed by atoms with E-state index >= 15 is 0 Å². The summed E-state index contributed by atoms with van der Waals surface area (Å²) in [6, 6.07) is 6.83. The molecule has 66 valence electrons. The maximum absolute atomic E-state index is 12.4. The Bertz CT molecular complexity index is 423. The summed E-state index contributed by atoms with van der Waals surface area (Å²) >= 11 is 0. The van der Waals surface area contributed by atoms with Crippen molar-refractivity contribution in [2.45, 2.75) is 6.43 Å². The molecule has 1 heterocycles. The molecule has 1 aromatic heterocycles. The normalized spacial score (nSPS) is 11.0. The maximum atomic E-state index is 12.4. The minimum absolute atomic E-state index is 0.252. The number of hydrogen-bond acceptors (Lipinski definition) is 2. The molecule has 0 N–H and O–H groups in total. The van der Waals surface area contributed by atoms with Crippen LogP contribution in [0.25, 0.3) is 10.8 Å². The second-order valence-corrected chi connectivity index (χ2v) is 2.62. The molecule has 0 spiro atoms. The number of nitrogens with zero attached hydrogens (tertiary/aromatic N) is 2. The van der Waals surface area contributed by atoms with Gasteiger partial charge in [0.1, 0.15) is 5.69 Å². The highest BCUT2D eigenvalue weighted by Gasteiger charge is 2.12. The molecular weight excluding hydrogens is 174 g/mol. The van der Waals surface area contributed by atoms with Gasteiger partial charge in [0.25, 0.3) is 6.43 Å². The van der Waals surface area contributed by atoms with Gasteiger partial charge >= 0.3 is 0 Å². The zero-order valence-corrected chi connectivity index (χ0v) is 6.61. The van der Waals surface area contributed by atoms with Crippen LogP contribution >= 0.6 is 0 Å². The minimum Gasteiger partial charge on any atom is -0.203 e. The molecule has 0 radical (unpaired) electrons. The third-order valence-corrected chi connectivity index (χ3v) is 1.81. The van der Waals surface area contributed by atoms with Gasteiger partial charge in [0.2, 0.25) is 0 Å². The first-order chi connectivity index (χ1) is 6.29. The van der Waals surface area contributed by atoms with Crippen molar-refractivity contribution in [3.63, 3.8) is 0 Å². The van der Waals surface area contributed by atoms with Gasteiger partial charge in [-0.3, -0.25) is 0 Å². The molecule has 0 aliphatic carbocycles. The Labute approximate surface area is 73.2 Å². The van der Waals surface area contributed by atoms with E-state index < -0.39 is 6.43 Å². The number of rotatable bonds is 1. The predicted octanol–water partition coefficient (Wildman–Crippen LogP) is 2.57. The molecule has 2 aromatic rings. The van der Waals surface area contributed by atoms with Crippen molar-refractivity contribution in [1.82, 2.24) is 10.2 Å². The Kier molecular flexibility index (Phi) is 1.88. The Balaban J connectivity index is 2.76. The Morgan fingerprint density at radius 3 is 2.69 bits per heavy atom. The van der Waals surface area contributed by atoms with E-state index in [1.807, 2.05) is 0 Å². The highest BCUT2D eigenvalue weighted by Crippen LogP contribution is 2.23. The fourth-order valence-electron chi connectivity index (χ4n) is 1.21. The second-order valence-electron chi connectivity index (χ2n) is 2.62. The first-order valence-corrected chi connectivity index (χ1v) is 3.77. The van der Waals surface area contributed by atoms with E-state index in [1.165, 1.54) is 6.20 Å². The lowest BCUT2D eigenvalue weighted by molar-refractivity contribution is 0.147. The van der Waals surface area contributed by atoms with Crippen LogP contribution in [0.2, 0.25) is 0 Å². The molecule has 0 fully saturated rings. The number of benzene rings is 1. The van der Waals surface area contributed by atoms with Crippen LogP contribution in [0.1, 0.15) is 12.1 Å². The van der Waals surface area contributed by atoms with E-state index in [2.05, 4.69) is 10.2 Å². The Hall–Kier alpha value is -1.58. The quantitative estimate of drug-likeness (QED) is 0.674. The highest BCUT2D eigenvalue weighted by molar-refractivity contribution is 5.83. The number of hydrogen-bond donors (Lipinski definition) is 0. The van der Waals surface area contributed by atoms with Crippen molar-refractivity contribution >= 4 is 10.8 Å². The molecule has 2 nitrogen and oxygen atoms in total.